The molecule has 0 aliphatic carbocycles. The maximum absolute atomic E-state index is 10.8. The minimum absolute atomic E-state index is 0.0706. The summed E-state index contributed by atoms with van der Waals surface area (Å²) in [6.45, 7) is 0. The molecule has 14 heavy (non-hydrogen) atoms. The van der Waals surface area contributed by atoms with Gasteiger partial charge in [0.15, 0.2) is 0 Å². The zero-order valence-electron chi connectivity index (χ0n) is 7.81. The van der Waals surface area contributed by atoms with Crippen molar-refractivity contribution in [3.8, 4) is 6.07 Å². The highest BCUT2D eigenvalue weighted by molar-refractivity contribution is 5.74. The molecule has 0 fully saturated rings. The fraction of sp³-hybridized carbons (Fsp3) is 0.273. The molecule has 0 bridgehead atoms. The van der Waals surface area contributed by atoms with Crippen molar-refractivity contribution in [2.75, 3.05) is 0 Å². The van der Waals surface area contributed by atoms with Crippen LogP contribution in [0.25, 0.3) is 0 Å². The molecular weight excluding hydrogens is 176 g/mol. The van der Waals surface area contributed by atoms with Gasteiger partial charge in [0.25, 0.3) is 0 Å². The minimum Gasteiger partial charge on any atom is -0.370 e. The molecule has 0 aromatic heterocycles. The number of benzene rings is 1. The first-order valence-corrected chi connectivity index (χ1v) is 4.44. The normalized spacial score (nSPS) is 11.6. The predicted octanol–water partition coefficient (Wildman–Crippen LogP) is 1.56. The fourth-order valence-electron chi connectivity index (χ4n) is 1.39. The summed E-state index contributed by atoms with van der Waals surface area (Å²) in [5, 5.41) is 8.61. The van der Waals surface area contributed by atoms with Gasteiger partial charge < -0.3 is 5.73 Å². The molecule has 1 unspecified atom stereocenters. The molecule has 1 amide bonds. The number of rotatable bonds is 4. The van der Waals surface area contributed by atoms with Crippen molar-refractivity contribution in [2.45, 2.75) is 18.8 Å². The Balaban J connectivity index is 2.78. The Morgan fingerprint density at radius 2 is 2.07 bits per heavy atom. The number of hydrogen-bond acceptors (Lipinski definition) is 2. The Kier molecular flexibility index (Phi) is 3.69. The lowest BCUT2D eigenvalue weighted by Crippen LogP contribution is -2.15. The number of primary amides is 1. The second kappa shape index (κ2) is 5.03. The van der Waals surface area contributed by atoms with E-state index in [0.29, 0.717) is 6.42 Å². The molecular formula is C11H12N2O. The van der Waals surface area contributed by atoms with Gasteiger partial charge in [-0.2, -0.15) is 5.26 Å². The minimum atomic E-state index is -0.367. The summed E-state index contributed by atoms with van der Waals surface area (Å²) >= 11 is 0. The Morgan fingerprint density at radius 1 is 1.43 bits per heavy atom. The maximum atomic E-state index is 10.8. The van der Waals surface area contributed by atoms with E-state index in [9.17, 15) is 4.79 Å². The summed E-state index contributed by atoms with van der Waals surface area (Å²) in [4.78, 5) is 10.8. The van der Waals surface area contributed by atoms with Crippen molar-refractivity contribution in [3.05, 3.63) is 35.9 Å². The average Bonchev–Trinajstić information content (AvgIpc) is 2.18. The summed E-state index contributed by atoms with van der Waals surface area (Å²) in [7, 11) is 0. The first-order chi connectivity index (χ1) is 6.74. The van der Waals surface area contributed by atoms with Crippen LogP contribution in [0, 0.1) is 11.3 Å². The van der Waals surface area contributed by atoms with Crippen molar-refractivity contribution in [2.24, 2.45) is 5.73 Å². The smallest absolute Gasteiger partial charge is 0.218 e. The number of nitrogens with zero attached hydrogens (tertiary/aromatic N) is 1. The Hall–Kier alpha value is -1.82. The SMILES string of the molecule is N#CCC(CC(N)=O)c1ccccc1. The molecule has 0 radical (unpaired) electrons. The lowest BCUT2D eigenvalue weighted by Gasteiger charge is -2.11. The van der Waals surface area contributed by atoms with Crippen LogP contribution >= 0.6 is 0 Å². The van der Waals surface area contributed by atoms with Crippen molar-refractivity contribution >= 4 is 5.91 Å². The van der Waals surface area contributed by atoms with Gasteiger partial charge in [-0.3, -0.25) is 4.79 Å². The van der Waals surface area contributed by atoms with Crippen LogP contribution < -0.4 is 5.73 Å². The molecule has 3 nitrogen and oxygen atoms in total. The van der Waals surface area contributed by atoms with Crippen LogP contribution in [0.2, 0.25) is 0 Å². The van der Waals surface area contributed by atoms with Gasteiger partial charge in [-0.05, 0) is 5.56 Å². The van der Waals surface area contributed by atoms with E-state index in [1.54, 1.807) is 0 Å². The lowest BCUT2D eigenvalue weighted by atomic mass is 9.93. The standard InChI is InChI=1S/C11H12N2O/c12-7-6-10(8-11(13)14)9-4-2-1-3-5-9/h1-5,10H,6,8H2,(H2,13,14). The third-order valence-electron chi connectivity index (χ3n) is 2.06. The number of amides is 1. The van der Waals surface area contributed by atoms with E-state index in [1.807, 2.05) is 30.3 Å². The quantitative estimate of drug-likeness (QED) is 0.779. The van der Waals surface area contributed by atoms with Gasteiger partial charge in [0.1, 0.15) is 0 Å². The number of carbonyl (C=O) groups excluding carboxylic acids is 1. The predicted molar refractivity (Wildman–Crippen MR) is 53.2 cm³/mol. The molecule has 2 N–H and O–H groups in total. The molecule has 0 spiro atoms. The van der Waals surface area contributed by atoms with E-state index >= 15 is 0 Å². The Morgan fingerprint density at radius 3 is 2.57 bits per heavy atom. The molecule has 0 saturated heterocycles. The van der Waals surface area contributed by atoms with Gasteiger partial charge in [0, 0.05) is 18.8 Å². The summed E-state index contributed by atoms with van der Waals surface area (Å²) < 4.78 is 0. The molecule has 0 saturated carbocycles. The number of carbonyl (C=O) groups is 1. The van der Waals surface area contributed by atoms with Gasteiger partial charge in [-0.1, -0.05) is 30.3 Å². The zero-order valence-corrected chi connectivity index (χ0v) is 7.81. The van der Waals surface area contributed by atoms with Crippen LogP contribution in [0.3, 0.4) is 0 Å². The monoisotopic (exact) mass is 188 g/mol. The van der Waals surface area contributed by atoms with Crippen LogP contribution in [0.15, 0.2) is 30.3 Å². The van der Waals surface area contributed by atoms with Gasteiger partial charge in [0.05, 0.1) is 6.07 Å². The van der Waals surface area contributed by atoms with Crippen LogP contribution in [0.5, 0.6) is 0 Å². The van der Waals surface area contributed by atoms with Crippen LogP contribution in [0.4, 0.5) is 0 Å². The van der Waals surface area contributed by atoms with Crippen molar-refractivity contribution in [1.82, 2.24) is 0 Å². The highest BCUT2D eigenvalue weighted by atomic mass is 16.1. The fourth-order valence-corrected chi connectivity index (χ4v) is 1.39. The van der Waals surface area contributed by atoms with E-state index < -0.39 is 0 Å². The third-order valence-corrected chi connectivity index (χ3v) is 2.06. The molecule has 1 aromatic rings. The van der Waals surface area contributed by atoms with Crippen LogP contribution in [0.1, 0.15) is 24.3 Å². The van der Waals surface area contributed by atoms with Gasteiger partial charge in [-0.25, -0.2) is 0 Å². The molecule has 0 aliphatic rings. The topological polar surface area (TPSA) is 66.9 Å². The summed E-state index contributed by atoms with van der Waals surface area (Å²) in [5.41, 5.74) is 6.11. The summed E-state index contributed by atoms with van der Waals surface area (Å²) in [5.74, 6) is -0.437. The lowest BCUT2D eigenvalue weighted by molar-refractivity contribution is -0.118. The van der Waals surface area contributed by atoms with Crippen LogP contribution in [-0.4, -0.2) is 5.91 Å². The Labute approximate surface area is 83.2 Å². The van der Waals surface area contributed by atoms with Gasteiger partial charge >= 0.3 is 0 Å². The van der Waals surface area contributed by atoms with Crippen molar-refractivity contribution < 1.29 is 4.79 Å². The molecule has 1 aromatic carbocycles. The summed E-state index contributed by atoms with van der Waals surface area (Å²) in [6, 6.07) is 11.6. The maximum Gasteiger partial charge on any atom is 0.218 e. The first-order valence-electron chi connectivity index (χ1n) is 4.44. The Bertz CT molecular complexity index is 340. The largest absolute Gasteiger partial charge is 0.370 e. The molecule has 72 valence electrons. The number of nitriles is 1. The molecule has 0 aliphatic heterocycles. The van der Waals surface area contributed by atoms with Crippen LogP contribution in [-0.2, 0) is 4.79 Å². The summed E-state index contributed by atoms with van der Waals surface area (Å²) in [6.07, 6.45) is 0.560. The van der Waals surface area contributed by atoms with Crippen molar-refractivity contribution in [3.63, 3.8) is 0 Å². The van der Waals surface area contributed by atoms with E-state index in [0.717, 1.165) is 5.56 Å². The van der Waals surface area contributed by atoms with Crippen molar-refractivity contribution in [1.29, 1.82) is 5.26 Å². The van der Waals surface area contributed by atoms with E-state index in [-0.39, 0.29) is 18.2 Å². The van der Waals surface area contributed by atoms with E-state index in [1.165, 1.54) is 0 Å². The van der Waals surface area contributed by atoms with E-state index in [2.05, 4.69) is 6.07 Å². The first kappa shape index (κ1) is 10.3. The molecule has 1 atom stereocenters. The highest BCUT2D eigenvalue weighted by Crippen LogP contribution is 2.22. The second-order valence-corrected chi connectivity index (χ2v) is 3.14. The average molecular weight is 188 g/mol. The van der Waals surface area contributed by atoms with Gasteiger partial charge in [0.2, 0.25) is 5.91 Å². The zero-order chi connectivity index (χ0) is 10.4. The highest BCUT2D eigenvalue weighted by Gasteiger charge is 2.13. The molecule has 1 rings (SSSR count). The second-order valence-electron chi connectivity index (χ2n) is 3.14. The molecule has 3 heteroatoms. The molecule has 0 heterocycles. The van der Waals surface area contributed by atoms with E-state index in [4.69, 9.17) is 11.0 Å². The van der Waals surface area contributed by atoms with Gasteiger partial charge in [-0.15, -0.1) is 0 Å². The third kappa shape index (κ3) is 2.91. The number of nitrogens with two attached hydrogens (primary N) is 1. The number of hydrogen-bond donors (Lipinski definition) is 1.